The van der Waals surface area contributed by atoms with E-state index in [2.05, 4.69) is 26.2 Å². The number of hydrogen-bond acceptors (Lipinski definition) is 7. The van der Waals surface area contributed by atoms with Gasteiger partial charge in [-0.1, -0.05) is 30.7 Å². The van der Waals surface area contributed by atoms with E-state index in [0.29, 0.717) is 16.6 Å². The van der Waals surface area contributed by atoms with Gasteiger partial charge in [-0.2, -0.15) is 4.68 Å². The average Bonchev–Trinajstić information content (AvgIpc) is 3.31. The maximum atomic E-state index is 12.1. The number of imide groups is 1. The molecule has 0 bridgehead atoms. The largest absolute Gasteiger partial charge is 0.494 e. The second-order valence-corrected chi connectivity index (χ2v) is 7.28. The van der Waals surface area contributed by atoms with Crippen LogP contribution in [0.5, 0.6) is 5.75 Å². The maximum absolute atomic E-state index is 12.1. The molecule has 1 fully saturated rings. The highest BCUT2D eigenvalue weighted by Gasteiger charge is 2.19. The van der Waals surface area contributed by atoms with Crippen LogP contribution in [-0.4, -0.2) is 51.1 Å². The Bertz CT molecular complexity index is 819. The lowest BCUT2D eigenvalue weighted by Gasteiger charge is -2.12. The lowest BCUT2D eigenvalue weighted by molar-refractivity contribution is -0.117. The summed E-state index contributed by atoms with van der Waals surface area (Å²) in [4.78, 5) is 23.9. The van der Waals surface area contributed by atoms with Crippen LogP contribution >= 0.6 is 11.8 Å². The number of nitrogens with zero attached hydrogens (tertiary/aromatic N) is 4. The molecular formula is C17H22N6O3S. The van der Waals surface area contributed by atoms with Crippen LogP contribution < -0.4 is 15.4 Å². The van der Waals surface area contributed by atoms with E-state index in [-0.39, 0.29) is 11.8 Å². The number of rotatable bonds is 6. The molecule has 2 N–H and O–H groups in total. The molecule has 1 aromatic heterocycles. The van der Waals surface area contributed by atoms with Gasteiger partial charge in [-0.15, -0.1) is 5.10 Å². The zero-order valence-corrected chi connectivity index (χ0v) is 16.1. The molecule has 3 amide bonds. The van der Waals surface area contributed by atoms with Gasteiger partial charge in [0.1, 0.15) is 11.4 Å². The third-order valence-corrected chi connectivity index (χ3v) is 5.20. The number of thioether (sulfide) groups is 1. The average molecular weight is 390 g/mol. The van der Waals surface area contributed by atoms with E-state index in [0.717, 1.165) is 43.0 Å². The second-order valence-electron chi connectivity index (χ2n) is 6.34. The molecule has 1 aliphatic rings. The van der Waals surface area contributed by atoms with E-state index < -0.39 is 11.9 Å². The number of aromatic nitrogens is 4. The Balaban J connectivity index is 1.59. The molecule has 9 nitrogen and oxygen atoms in total. The van der Waals surface area contributed by atoms with Crippen molar-refractivity contribution >= 4 is 23.7 Å². The number of nitrogens with one attached hydrogen (secondary N) is 2. The summed E-state index contributed by atoms with van der Waals surface area (Å²) in [6.45, 7) is 1.95. The van der Waals surface area contributed by atoms with Crippen molar-refractivity contribution in [2.24, 2.45) is 0 Å². The molecule has 1 saturated carbocycles. The van der Waals surface area contributed by atoms with Gasteiger partial charge < -0.3 is 10.1 Å². The zero-order chi connectivity index (χ0) is 19.2. The Hall–Kier alpha value is -2.62. The predicted molar refractivity (Wildman–Crippen MR) is 100 cm³/mol. The van der Waals surface area contributed by atoms with Gasteiger partial charge in [-0.05, 0) is 47.9 Å². The smallest absolute Gasteiger partial charge is 0.321 e. The number of aryl methyl sites for hydroxylation is 1. The molecule has 1 heterocycles. The van der Waals surface area contributed by atoms with Gasteiger partial charge in [0.2, 0.25) is 11.1 Å². The lowest BCUT2D eigenvalue weighted by Crippen LogP contribution is -2.44. The Morgan fingerprint density at radius 1 is 1.33 bits per heavy atom. The molecule has 10 heteroatoms. The van der Waals surface area contributed by atoms with Crippen molar-refractivity contribution in [3.8, 4) is 11.4 Å². The molecule has 0 radical (unpaired) electrons. The number of amides is 3. The van der Waals surface area contributed by atoms with Crippen molar-refractivity contribution in [2.45, 2.75) is 43.8 Å². The van der Waals surface area contributed by atoms with Gasteiger partial charge in [0.25, 0.3) is 0 Å². The molecule has 144 valence electrons. The molecule has 27 heavy (non-hydrogen) atoms. The summed E-state index contributed by atoms with van der Waals surface area (Å²) in [7, 11) is 1.57. The van der Waals surface area contributed by atoms with Crippen LogP contribution in [0.3, 0.4) is 0 Å². The summed E-state index contributed by atoms with van der Waals surface area (Å²) in [6, 6.07) is 5.37. The minimum atomic E-state index is -0.451. The fourth-order valence-electron chi connectivity index (χ4n) is 2.97. The number of urea groups is 1. The summed E-state index contributed by atoms with van der Waals surface area (Å²) < 4.78 is 6.88. The van der Waals surface area contributed by atoms with Crippen molar-refractivity contribution < 1.29 is 14.3 Å². The minimum Gasteiger partial charge on any atom is -0.494 e. The number of hydrogen-bond donors (Lipinski definition) is 2. The highest BCUT2D eigenvalue weighted by Crippen LogP contribution is 2.26. The highest BCUT2D eigenvalue weighted by molar-refractivity contribution is 7.99. The van der Waals surface area contributed by atoms with Crippen molar-refractivity contribution in [3.05, 3.63) is 23.8 Å². The first-order valence-corrected chi connectivity index (χ1v) is 9.72. The molecule has 0 spiro atoms. The number of tetrazole rings is 1. The Morgan fingerprint density at radius 3 is 2.85 bits per heavy atom. The van der Waals surface area contributed by atoms with Gasteiger partial charge in [0, 0.05) is 6.04 Å². The van der Waals surface area contributed by atoms with Gasteiger partial charge in [-0.25, -0.2) is 4.79 Å². The van der Waals surface area contributed by atoms with E-state index in [1.807, 2.05) is 25.1 Å². The van der Waals surface area contributed by atoms with Crippen LogP contribution in [0.25, 0.3) is 5.69 Å². The van der Waals surface area contributed by atoms with Crippen molar-refractivity contribution in [1.29, 1.82) is 0 Å². The summed E-state index contributed by atoms with van der Waals surface area (Å²) in [5, 5.41) is 17.2. The van der Waals surface area contributed by atoms with Gasteiger partial charge >= 0.3 is 6.03 Å². The van der Waals surface area contributed by atoms with Crippen molar-refractivity contribution in [2.75, 3.05) is 12.9 Å². The van der Waals surface area contributed by atoms with E-state index in [9.17, 15) is 9.59 Å². The first-order valence-electron chi connectivity index (χ1n) is 8.73. The van der Waals surface area contributed by atoms with Crippen LogP contribution in [0.4, 0.5) is 4.79 Å². The third kappa shape index (κ3) is 4.97. The molecule has 3 rings (SSSR count). The number of methoxy groups -OCH3 is 1. The molecule has 0 saturated heterocycles. The fraction of sp³-hybridized carbons (Fsp3) is 0.471. The molecule has 1 aromatic carbocycles. The predicted octanol–water partition coefficient (Wildman–Crippen LogP) is 1.84. The normalized spacial score (nSPS) is 14.1. The number of ether oxygens (including phenoxy) is 1. The Kier molecular flexibility index (Phi) is 6.28. The number of benzene rings is 1. The van der Waals surface area contributed by atoms with E-state index in [4.69, 9.17) is 4.74 Å². The Labute approximate surface area is 161 Å². The standard InChI is InChI=1S/C17H22N6O3S/c1-11-7-8-14(26-2)13(9-11)23-17(20-21-22-23)27-10-15(24)19-16(25)18-12-5-3-4-6-12/h7-9,12H,3-6,10H2,1-2H3,(H2,18,19,24,25). The molecule has 2 aromatic rings. The first kappa shape index (κ1) is 19.2. The minimum absolute atomic E-state index is 0.0204. The molecular weight excluding hydrogens is 368 g/mol. The van der Waals surface area contributed by atoms with Crippen LogP contribution in [-0.2, 0) is 4.79 Å². The van der Waals surface area contributed by atoms with Gasteiger partial charge in [-0.3, -0.25) is 10.1 Å². The monoisotopic (exact) mass is 390 g/mol. The number of carbonyl (C=O) groups is 2. The summed E-state index contributed by atoms with van der Waals surface area (Å²) in [5.41, 5.74) is 1.71. The van der Waals surface area contributed by atoms with Gasteiger partial charge in [0.05, 0.1) is 12.9 Å². The van der Waals surface area contributed by atoms with Crippen LogP contribution in [0.1, 0.15) is 31.2 Å². The fourth-order valence-corrected chi connectivity index (χ4v) is 3.65. The molecule has 0 aliphatic heterocycles. The lowest BCUT2D eigenvalue weighted by atomic mass is 10.2. The quantitative estimate of drug-likeness (QED) is 0.724. The molecule has 0 atom stereocenters. The highest BCUT2D eigenvalue weighted by atomic mass is 32.2. The zero-order valence-electron chi connectivity index (χ0n) is 15.3. The molecule has 1 aliphatic carbocycles. The van der Waals surface area contributed by atoms with E-state index in [1.54, 1.807) is 7.11 Å². The summed E-state index contributed by atoms with van der Waals surface area (Å²) in [6.07, 6.45) is 4.15. The maximum Gasteiger partial charge on any atom is 0.321 e. The summed E-state index contributed by atoms with van der Waals surface area (Å²) in [5.74, 6) is 0.239. The van der Waals surface area contributed by atoms with E-state index in [1.165, 1.54) is 4.68 Å². The Morgan fingerprint density at radius 2 is 2.11 bits per heavy atom. The van der Waals surface area contributed by atoms with Gasteiger partial charge in [0.15, 0.2) is 0 Å². The number of carbonyl (C=O) groups excluding carboxylic acids is 2. The van der Waals surface area contributed by atoms with E-state index >= 15 is 0 Å². The topological polar surface area (TPSA) is 111 Å². The summed E-state index contributed by atoms with van der Waals surface area (Å²) >= 11 is 1.15. The second kappa shape index (κ2) is 8.85. The third-order valence-electron chi connectivity index (χ3n) is 4.28. The van der Waals surface area contributed by atoms with Crippen LogP contribution in [0.2, 0.25) is 0 Å². The van der Waals surface area contributed by atoms with Crippen molar-refractivity contribution in [3.63, 3.8) is 0 Å². The first-order chi connectivity index (χ1) is 13.1. The van der Waals surface area contributed by atoms with Crippen LogP contribution in [0, 0.1) is 6.92 Å². The SMILES string of the molecule is COc1ccc(C)cc1-n1nnnc1SCC(=O)NC(=O)NC1CCCC1. The van der Waals surface area contributed by atoms with Crippen molar-refractivity contribution in [1.82, 2.24) is 30.8 Å². The molecule has 0 unspecified atom stereocenters. The van der Waals surface area contributed by atoms with Crippen LogP contribution in [0.15, 0.2) is 23.4 Å².